The molecule has 0 heterocycles. The van der Waals surface area contributed by atoms with E-state index in [1.165, 1.54) is 32.4 Å². The number of amides is 1. The number of sulfonamides is 1. The fourth-order valence-corrected chi connectivity index (χ4v) is 3.58. The third-order valence-electron chi connectivity index (χ3n) is 3.95. The van der Waals surface area contributed by atoms with Crippen molar-refractivity contribution in [2.45, 2.75) is 6.92 Å². The molecule has 1 N–H and O–H groups in total. The number of nitrogens with one attached hydrogen (secondary N) is 1. The van der Waals surface area contributed by atoms with Gasteiger partial charge in [0.15, 0.2) is 0 Å². The Labute approximate surface area is 174 Å². The van der Waals surface area contributed by atoms with E-state index in [9.17, 15) is 18.0 Å². The maximum atomic E-state index is 12.6. The Morgan fingerprint density at radius 2 is 1.83 bits per heavy atom. The fourth-order valence-electron chi connectivity index (χ4n) is 2.56. The zero-order chi connectivity index (χ0) is 21.8. The molecule has 0 spiro atoms. The summed E-state index contributed by atoms with van der Waals surface area (Å²) in [5.74, 6) is -0.943. The SMILES string of the molecule is COC(=O)c1ccc(Cl)c(NC(=O)CN(c2cc(C)ccc2OC)S(C)(=O)=O)c1. The highest BCUT2D eigenvalue weighted by Gasteiger charge is 2.24. The number of benzene rings is 2. The first kappa shape index (κ1) is 22.5. The molecule has 0 aliphatic carbocycles. The predicted octanol–water partition coefficient (Wildman–Crippen LogP) is 2.85. The van der Waals surface area contributed by atoms with Crippen LogP contribution in [0.25, 0.3) is 0 Å². The van der Waals surface area contributed by atoms with Crippen LogP contribution in [-0.2, 0) is 19.6 Å². The van der Waals surface area contributed by atoms with E-state index in [0.717, 1.165) is 16.1 Å². The molecule has 0 fully saturated rings. The van der Waals surface area contributed by atoms with E-state index in [2.05, 4.69) is 10.1 Å². The highest BCUT2D eigenvalue weighted by molar-refractivity contribution is 7.92. The first-order chi connectivity index (χ1) is 13.6. The molecular weight excluding hydrogens is 420 g/mol. The predicted molar refractivity (Wildman–Crippen MR) is 111 cm³/mol. The minimum absolute atomic E-state index is 0.157. The van der Waals surface area contributed by atoms with Gasteiger partial charge in [-0.3, -0.25) is 9.10 Å². The van der Waals surface area contributed by atoms with Crippen molar-refractivity contribution in [3.63, 3.8) is 0 Å². The van der Waals surface area contributed by atoms with Gasteiger partial charge in [0, 0.05) is 0 Å². The molecule has 0 unspecified atom stereocenters. The normalized spacial score (nSPS) is 10.9. The van der Waals surface area contributed by atoms with Crippen molar-refractivity contribution in [2.75, 3.05) is 36.6 Å². The van der Waals surface area contributed by atoms with Gasteiger partial charge in [0.05, 0.1) is 42.4 Å². The van der Waals surface area contributed by atoms with Crippen LogP contribution in [0.3, 0.4) is 0 Å². The maximum absolute atomic E-state index is 12.6. The van der Waals surface area contributed by atoms with E-state index >= 15 is 0 Å². The number of hydrogen-bond donors (Lipinski definition) is 1. The summed E-state index contributed by atoms with van der Waals surface area (Å²) in [6, 6.07) is 9.23. The van der Waals surface area contributed by atoms with Crippen LogP contribution in [-0.4, -0.2) is 47.3 Å². The summed E-state index contributed by atoms with van der Waals surface area (Å²) in [5, 5.41) is 2.71. The molecule has 0 aliphatic rings. The highest BCUT2D eigenvalue weighted by atomic mass is 35.5. The van der Waals surface area contributed by atoms with E-state index in [4.69, 9.17) is 16.3 Å². The van der Waals surface area contributed by atoms with Crippen molar-refractivity contribution in [3.8, 4) is 5.75 Å². The molecule has 0 radical (unpaired) electrons. The van der Waals surface area contributed by atoms with Crippen LogP contribution >= 0.6 is 11.6 Å². The van der Waals surface area contributed by atoms with Crippen LogP contribution in [0.15, 0.2) is 36.4 Å². The largest absolute Gasteiger partial charge is 0.495 e. The maximum Gasteiger partial charge on any atom is 0.337 e. The topological polar surface area (TPSA) is 102 Å². The summed E-state index contributed by atoms with van der Waals surface area (Å²) in [5.41, 5.74) is 1.37. The summed E-state index contributed by atoms with van der Waals surface area (Å²) in [7, 11) is -1.16. The van der Waals surface area contributed by atoms with E-state index in [-0.39, 0.29) is 22.0 Å². The van der Waals surface area contributed by atoms with E-state index < -0.39 is 28.4 Å². The smallest absolute Gasteiger partial charge is 0.337 e. The Morgan fingerprint density at radius 1 is 1.14 bits per heavy atom. The van der Waals surface area contributed by atoms with Gasteiger partial charge in [-0.05, 0) is 42.8 Å². The Morgan fingerprint density at radius 3 is 2.41 bits per heavy atom. The third-order valence-corrected chi connectivity index (χ3v) is 5.41. The third kappa shape index (κ3) is 5.61. The lowest BCUT2D eigenvalue weighted by Crippen LogP contribution is -2.37. The number of carbonyl (C=O) groups excluding carboxylic acids is 2. The lowest BCUT2D eigenvalue weighted by molar-refractivity contribution is -0.114. The Hall–Kier alpha value is -2.78. The molecule has 0 aromatic heterocycles. The van der Waals surface area contributed by atoms with Gasteiger partial charge in [0.25, 0.3) is 0 Å². The minimum Gasteiger partial charge on any atom is -0.495 e. The van der Waals surface area contributed by atoms with Gasteiger partial charge in [-0.25, -0.2) is 13.2 Å². The van der Waals surface area contributed by atoms with Crippen LogP contribution in [0.4, 0.5) is 11.4 Å². The number of ether oxygens (including phenoxy) is 2. The molecule has 8 nitrogen and oxygen atoms in total. The molecule has 2 rings (SSSR count). The van der Waals surface area contributed by atoms with Gasteiger partial charge in [-0.15, -0.1) is 0 Å². The van der Waals surface area contributed by atoms with Crippen molar-refractivity contribution in [2.24, 2.45) is 0 Å². The fraction of sp³-hybridized carbons (Fsp3) is 0.263. The summed E-state index contributed by atoms with van der Waals surface area (Å²) >= 11 is 6.08. The molecule has 10 heteroatoms. The van der Waals surface area contributed by atoms with Crippen molar-refractivity contribution < 1.29 is 27.5 Å². The van der Waals surface area contributed by atoms with E-state index in [1.807, 2.05) is 0 Å². The second kappa shape index (κ2) is 9.15. The van der Waals surface area contributed by atoms with Crippen LogP contribution in [0.2, 0.25) is 5.02 Å². The molecule has 0 aliphatic heterocycles. The standard InChI is InChI=1S/C19H21ClN2O6S/c1-12-5-8-17(27-2)16(9-12)22(29(4,25)26)11-18(23)21-15-10-13(19(24)28-3)6-7-14(15)20/h5-10H,11H2,1-4H3,(H,21,23). The van der Waals surface area contributed by atoms with E-state index in [1.54, 1.807) is 25.1 Å². The Balaban J connectivity index is 2.34. The van der Waals surface area contributed by atoms with Gasteiger partial charge in [0.1, 0.15) is 12.3 Å². The van der Waals surface area contributed by atoms with Crippen molar-refractivity contribution in [1.29, 1.82) is 0 Å². The first-order valence-corrected chi connectivity index (χ1v) is 10.6. The number of aryl methyl sites for hydroxylation is 1. The molecule has 2 aromatic rings. The van der Waals surface area contributed by atoms with Gasteiger partial charge in [-0.2, -0.15) is 0 Å². The number of carbonyl (C=O) groups is 2. The van der Waals surface area contributed by atoms with Crippen LogP contribution in [0.1, 0.15) is 15.9 Å². The van der Waals surface area contributed by atoms with E-state index in [0.29, 0.717) is 5.75 Å². The van der Waals surface area contributed by atoms with Crippen LogP contribution in [0, 0.1) is 6.92 Å². The summed E-state index contributed by atoms with van der Waals surface area (Å²) < 4.78 is 35.5. The van der Waals surface area contributed by atoms with Crippen molar-refractivity contribution in [1.82, 2.24) is 0 Å². The summed E-state index contributed by atoms with van der Waals surface area (Å²) in [6.07, 6.45) is 0.993. The lowest BCUT2D eigenvalue weighted by Gasteiger charge is -2.24. The number of esters is 1. The molecule has 0 saturated carbocycles. The monoisotopic (exact) mass is 440 g/mol. The first-order valence-electron chi connectivity index (χ1n) is 8.37. The zero-order valence-electron chi connectivity index (χ0n) is 16.4. The van der Waals surface area contributed by atoms with Crippen molar-refractivity contribution in [3.05, 3.63) is 52.5 Å². The highest BCUT2D eigenvalue weighted by Crippen LogP contribution is 2.31. The van der Waals surface area contributed by atoms with Gasteiger partial charge >= 0.3 is 5.97 Å². The Bertz CT molecular complexity index is 1040. The molecule has 0 saturated heterocycles. The Kier molecular flexibility index (Phi) is 7.10. The molecule has 156 valence electrons. The number of anilines is 2. The van der Waals surface area contributed by atoms with Gasteiger partial charge in [-0.1, -0.05) is 17.7 Å². The van der Waals surface area contributed by atoms with Crippen molar-refractivity contribution >= 4 is 44.9 Å². The molecule has 29 heavy (non-hydrogen) atoms. The average Bonchev–Trinajstić information content (AvgIpc) is 2.66. The van der Waals surface area contributed by atoms with Crippen LogP contribution in [0.5, 0.6) is 5.75 Å². The average molecular weight is 441 g/mol. The van der Waals surface area contributed by atoms with Gasteiger partial charge in [0.2, 0.25) is 15.9 Å². The summed E-state index contributed by atoms with van der Waals surface area (Å²) in [4.78, 5) is 24.3. The number of hydrogen-bond acceptors (Lipinski definition) is 6. The van der Waals surface area contributed by atoms with Gasteiger partial charge < -0.3 is 14.8 Å². The number of halogens is 1. The lowest BCUT2D eigenvalue weighted by atomic mass is 10.2. The summed E-state index contributed by atoms with van der Waals surface area (Å²) in [6.45, 7) is 1.28. The molecule has 0 bridgehead atoms. The zero-order valence-corrected chi connectivity index (χ0v) is 17.9. The molecule has 2 aromatic carbocycles. The molecule has 0 atom stereocenters. The number of rotatable bonds is 7. The number of methoxy groups -OCH3 is 2. The second-order valence-electron chi connectivity index (χ2n) is 6.18. The second-order valence-corrected chi connectivity index (χ2v) is 8.49. The minimum atomic E-state index is -3.80. The number of nitrogens with zero attached hydrogens (tertiary/aromatic N) is 1. The van der Waals surface area contributed by atoms with Crippen LogP contribution < -0.4 is 14.4 Å². The quantitative estimate of drug-likeness (QED) is 0.664. The molecular formula is C19H21ClN2O6S. The molecule has 1 amide bonds.